The smallest absolute Gasteiger partial charge is 0.343 e. The van der Waals surface area contributed by atoms with Crippen LogP contribution in [0.2, 0.25) is 18.6 Å². The number of esters is 1. The van der Waals surface area contributed by atoms with E-state index in [1.165, 1.54) is 5.56 Å². The Morgan fingerprint density at radius 2 is 2.00 bits per heavy atom. The van der Waals surface area contributed by atoms with Crippen molar-refractivity contribution in [1.29, 1.82) is 0 Å². The molecule has 0 saturated carbocycles. The molecule has 2 aliphatic heterocycles. The lowest BCUT2D eigenvalue weighted by Gasteiger charge is -2.31. The van der Waals surface area contributed by atoms with E-state index < -0.39 is 19.6 Å². The molecule has 0 aliphatic carbocycles. The molecule has 2 atom stereocenters. The largest absolute Gasteiger partial charge is 0.458 e. The van der Waals surface area contributed by atoms with Crippen molar-refractivity contribution in [3.63, 3.8) is 0 Å². The van der Waals surface area contributed by atoms with E-state index in [1.807, 2.05) is 18.2 Å². The van der Waals surface area contributed by atoms with E-state index >= 15 is 0 Å². The van der Waals surface area contributed by atoms with Crippen molar-refractivity contribution < 1.29 is 14.6 Å². The maximum Gasteiger partial charge on any atom is 0.343 e. The summed E-state index contributed by atoms with van der Waals surface area (Å²) < 4.78 is 6.90. The van der Waals surface area contributed by atoms with Gasteiger partial charge < -0.3 is 14.4 Å². The molecule has 8 heteroatoms. The second-order valence-corrected chi connectivity index (χ2v) is 15.7. The summed E-state index contributed by atoms with van der Waals surface area (Å²) in [5.74, 6) is -0.706. The van der Waals surface area contributed by atoms with E-state index in [-0.39, 0.29) is 18.6 Å². The molecule has 0 amide bonds. The first-order valence-corrected chi connectivity index (χ1v) is 15.6. The highest BCUT2D eigenvalue weighted by Gasteiger charge is 2.45. The van der Waals surface area contributed by atoms with Gasteiger partial charge in [0.1, 0.15) is 6.61 Å². The van der Waals surface area contributed by atoms with Gasteiger partial charge in [0.15, 0.2) is 5.60 Å². The van der Waals surface area contributed by atoms with Gasteiger partial charge in [-0.15, -0.1) is 11.6 Å². The first-order chi connectivity index (χ1) is 16.3. The Labute approximate surface area is 204 Å². The molecule has 1 N–H and O–H groups in total. The molecule has 3 aromatic rings. The molecular formula is C26H29ClN2O4Si. The van der Waals surface area contributed by atoms with Gasteiger partial charge in [-0.3, -0.25) is 4.79 Å². The molecule has 0 saturated heterocycles. The zero-order valence-corrected chi connectivity index (χ0v) is 21.5. The summed E-state index contributed by atoms with van der Waals surface area (Å²) in [5, 5.41) is 12.2. The summed E-state index contributed by atoms with van der Waals surface area (Å²) in [4.78, 5) is 30.9. The molecule has 34 heavy (non-hydrogen) atoms. The Morgan fingerprint density at radius 1 is 1.24 bits per heavy atom. The van der Waals surface area contributed by atoms with E-state index in [0.717, 1.165) is 46.2 Å². The summed E-state index contributed by atoms with van der Waals surface area (Å²) in [6, 6.07) is 12.1. The molecule has 5 rings (SSSR count). The quantitative estimate of drug-likeness (QED) is 0.241. The fourth-order valence-electron chi connectivity index (χ4n) is 5.16. The zero-order chi connectivity index (χ0) is 24.3. The summed E-state index contributed by atoms with van der Waals surface area (Å²) in [6.45, 7) is 6.59. The number of fused-ring (bicyclic) bond motifs is 5. The van der Waals surface area contributed by atoms with Crippen molar-refractivity contribution in [2.24, 2.45) is 0 Å². The van der Waals surface area contributed by atoms with Crippen molar-refractivity contribution in [2.75, 3.05) is 5.50 Å². The van der Waals surface area contributed by atoms with Crippen LogP contribution in [0.5, 0.6) is 0 Å². The molecule has 0 bridgehead atoms. The average molecular weight is 497 g/mol. The topological polar surface area (TPSA) is 81.4 Å². The SMILES string of the molecule is CC[C@]1(O)C(=O)OCc2c1cc1n(c2=O)Cc2c-1nc1ccccc1c2CC[Si](C)(CC)CCl. The second-order valence-electron chi connectivity index (χ2n) is 9.84. The Kier molecular flexibility index (Phi) is 5.70. The number of halogens is 1. The number of aryl methyl sites for hydroxylation is 1. The fraction of sp³-hybridized carbons (Fsp3) is 0.423. The lowest BCUT2D eigenvalue weighted by atomic mass is 9.86. The second kappa shape index (κ2) is 8.32. The van der Waals surface area contributed by atoms with Crippen LogP contribution >= 0.6 is 11.6 Å². The van der Waals surface area contributed by atoms with Crippen LogP contribution in [0.25, 0.3) is 22.3 Å². The third-order valence-corrected chi connectivity index (χ3v) is 13.6. The standard InChI is InChI=1S/C26H29ClN2O4Si/c1-4-26(32)20-12-22-23-18(13-29(22)24(30)19(20)14-33-25(26)31)16(10-11-34(3,5-2)15-27)17-8-6-7-9-21(17)28-23/h6-9,12,32H,4-5,10-11,13-15H2,1-3H3/t26-,34?/m1/s1. The number of rotatable bonds is 6. The van der Waals surface area contributed by atoms with Gasteiger partial charge in [-0.25, -0.2) is 9.78 Å². The molecule has 2 aliphatic rings. The van der Waals surface area contributed by atoms with Crippen molar-refractivity contribution in [2.45, 2.75) is 64.1 Å². The third-order valence-electron chi connectivity index (χ3n) is 7.87. The minimum atomic E-state index is -1.82. The number of benzene rings is 1. The van der Waals surface area contributed by atoms with Gasteiger partial charge >= 0.3 is 5.97 Å². The highest BCUT2D eigenvalue weighted by Crippen LogP contribution is 2.40. The Hall–Kier alpha value is -2.48. The maximum atomic E-state index is 13.5. The van der Waals surface area contributed by atoms with E-state index in [1.54, 1.807) is 17.6 Å². The number of para-hydroxylation sites is 1. The van der Waals surface area contributed by atoms with Crippen molar-refractivity contribution in [3.8, 4) is 11.4 Å². The van der Waals surface area contributed by atoms with Crippen LogP contribution in [0.1, 0.15) is 42.5 Å². The molecule has 1 aromatic carbocycles. The fourth-order valence-corrected chi connectivity index (χ4v) is 7.66. The number of alkyl halides is 1. The minimum absolute atomic E-state index is 0.121. The molecule has 0 radical (unpaired) electrons. The number of ether oxygens (including phenoxy) is 1. The van der Waals surface area contributed by atoms with Crippen LogP contribution in [-0.2, 0) is 34.7 Å². The van der Waals surface area contributed by atoms with Crippen LogP contribution in [-0.4, -0.2) is 34.2 Å². The predicted octanol–water partition coefficient (Wildman–Crippen LogP) is 4.50. The number of aromatic nitrogens is 2. The molecule has 1 unspecified atom stereocenters. The maximum absolute atomic E-state index is 13.5. The third kappa shape index (κ3) is 3.36. The van der Waals surface area contributed by atoms with E-state index in [9.17, 15) is 14.7 Å². The lowest BCUT2D eigenvalue weighted by Crippen LogP contribution is -2.44. The van der Waals surface area contributed by atoms with Gasteiger partial charge in [0.25, 0.3) is 5.56 Å². The van der Waals surface area contributed by atoms with E-state index in [0.29, 0.717) is 23.4 Å². The summed E-state index contributed by atoms with van der Waals surface area (Å²) in [6.07, 6.45) is 1.02. The number of hydrogen-bond acceptors (Lipinski definition) is 5. The van der Waals surface area contributed by atoms with Gasteiger partial charge in [-0.05, 0) is 30.5 Å². The predicted molar refractivity (Wildman–Crippen MR) is 136 cm³/mol. The number of nitrogens with zero attached hydrogens (tertiary/aromatic N) is 2. The van der Waals surface area contributed by atoms with Crippen LogP contribution in [0.3, 0.4) is 0 Å². The van der Waals surface area contributed by atoms with Gasteiger partial charge in [0, 0.05) is 22.0 Å². The lowest BCUT2D eigenvalue weighted by molar-refractivity contribution is -0.172. The molecule has 0 spiro atoms. The van der Waals surface area contributed by atoms with Crippen LogP contribution in [0.15, 0.2) is 35.1 Å². The van der Waals surface area contributed by atoms with Crippen molar-refractivity contribution >= 4 is 36.5 Å². The van der Waals surface area contributed by atoms with Crippen molar-refractivity contribution in [1.82, 2.24) is 9.55 Å². The summed E-state index contributed by atoms with van der Waals surface area (Å²) in [5.41, 5.74) is 3.94. The molecular weight excluding hydrogens is 468 g/mol. The first kappa shape index (κ1) is 23.3. The minimum Gasteiger partial charge on any atom is -0.458 e. The number of aliphatic hydroxyl groups is 1. The normalized spacial score (nSPS) is 20.4. The number of pyridine rings is 2. The van der Waals surface area contributed by atoms with Gasteiger partial charge in [-0.2, -0.15) is 0 Å². The Morgan fingerprint density at radius 3 is 2.71 bits per heavy atom. The van der Waals surface area contributed by atoms with Gasteiger partial charge in [0.2, 0.25) is 0 Å². The van der Waals surface area contributed by atoms with Gasteiger partial charge in [0.05, 0.1) is 37.1 Å². The van der Waals surface area contributed by atoms with E-state index in [2.05, 4.69) is 19.5 Å². The Balaban J connectivity index is 1.72. The summed E-state index contributed by atoms with van der Waals surface area (Å²) >= 11 is 6.37. The average Bonchev–Trinajstić information content (AvgIpc) is 3.23. The molecule has 2 aromatic heterocycles. The van der Waals surface area contributed by atoms with Crippen LogP contribution in [0.4, 0.5) is 0 Å². The summed E-state index contributed by atoms with van der Waals surface area (Å²) in [7, 11) is -1.55. The van der Waals surface area contributed by atoms with Gasteiger partial charge in [-0.1, -0.05) is 50.7 Å². The molecule has 6 nitrogen and oxygen atoms in total. The number of carbonyl (C=O) groups excluding carboxylic acids is 1. The Bertz CT molecular complexity index is 1380. The molecule has 4 heterocycles. The first-order valence-electron chi connectivity index (χ1n) is 11.9. The number of carbonyl (C=O) groups is 1. The van der Waals surface area contributed by atoms with E-state index in [4.69, 9.17) is 21.3 Å². The molecule has 178 valence electrons. The van der Waals surface area contributed by atoms with Crippen molar-refractivity contribution in [3.05, 3.63) is 62.9 Å². The number of hydrogen-bond donors (Lipinski definition) is 1. The zero-order valence-electron chi connectivity index (χ0n) is 19.8. The monoisotopic (exact) mass is 496 g/mol. The van der Waals surface area contributed by atoms with Crippen LogP contribution in [0, 0.1) is 0 Å². The highest BCUT2D eigenvalue weighted by molar-refractivity contribution is 6.84. The van der Waals surface area contributed by atoms with Crippen LogP contribution < -0.4 is 5.56 Å². The highest BCUT2D eigenvalue weighted by atomic mass is 35.5. The molecule has 0 fully saturated rings. The number of cyclic esters (lactones) is 1.